The Morgan fingerprint density at radius 2 is 2.04 bits per heavy atom. The van der Waals surface area contributed by atoms with Crippen LogP contribution in [-0.4, -0.2) is 45.2 Å². The number of hydrogen-bond donors (Lipinski definition) is 0. The van der Waals surface area contributed by atoms with Gasteiger partial charge in [-0.3, -0.25) is 9.36 Å². The lowest BCUT2D eigenvalue weighted by Crippen LogP contribution is -2.29. The first-order valence-corrected chi connectivity index (χ1v) is 6.89. The predicted molar refractivity (Wildman–Crippen MR) is 75.1 cm³/mol. The van der Waals surface area contributed by atoms with Crippen LogP contribution < -0.4 is 4.74 Å². The van der Waals surface area contributed by atoms with Gasteiger partial charge in [-0.25, -0.2) is 9.97 Å². The van der Waals surface area contributed by atoms with Crippen LogP contribution in [0, 0.1) is 0 Å². The second-order valence-electron chi connectivity index (χ2n) is 4.95. The first-order valence-electron chi connectivity index (χ1n) is 6.89. The van der Waals surface area contributed by atoms with Crippen molar-refractivity contribution in [3.63, 3.8) is 0 Å². The Hall–Kier alpha value is -2.72. The van der Waals surface area contributed by atoms with Gasteiger partial charge in [-0.2, -0.15) is 22.0 Å². The van der Waals surface area contributed by atoms with Crippen molar-refractivity contribution in [3.8, 4) is 5.88 Å². The van der Waals surface area contributed by atoms with Crippen molar-refractivity contribution in [1.82, 2.24) is 19.4 Å². The number of alkyl halides is 5. The van der Waals surface area contributed by atoms with Gasteiger partial charge in [0.25, 0.3) is 5.91 Å². The van der Waals surface area contributed by atoms with E-state index in [-0.39, 0.29) is 17.9 Å². The summed E-state index contributed by atoms with van der Waals surface area (Å²) in [6.45, 7) is -4.71. The molecule has 0 aliphatic heterocycles. The maximum absolute atomic E-state index is 12.8. The highest BCUT2D eigenvalue weighted by Gasteiger charge is 2.30. The summed E-state index contributed by atoms with van der Waals surface area (Å²) in [6.07, 6.45) is -1.21. The van der Waals surface area contributed by atoms with E-state index in [4.69, 9.17) is 0 Å². The Morgan fingerprint density at radius 1 is 1.32 bits per heavy atom. The van der Waals surface area contributed by atoms with E-state index in [2.05, 4.69) is 14.7 Å². The molecule has 2 rings (SSSR count). The van der Waals surface area contributed by atoms with Crippen molar-refractivity contribution in [2.45, 2.75) is 19.3 Å². The molecule has 0 aromatic carbocycles. The molecule has 0 spiro atoms. The van der Waals surface area contributed by atoms with Crippen molar-refractivity contribution in [3.05, 3.63) is 42.1 Å². The van der Waals surface area contributed by atoms with E-state index in [0.29, 0.717) is 4.57 Å². The highest BCUT2D eigenvalue weighted by atomic mass is 19.4. The second kappa shape index (κ2) is 7.45. The number of pyridine rings is 1. The minimum absolute atomic E-state index is 0.0764. The van der Waals surface area contributed by atoms with Gasteiger partial charge < -0.3 is 9.64 Å². The van der Waals surface area contributed by atoms with Crippen LogP contribution in [0.25, 0.3) is 0 Å². The Balaban J connectivity index is 2.15. The highest BCUT2D eigenvalue weighted by Crippen LogP contribution is 2.22. The molecular weight excluding hydrogens is 351 g/mol. The van der Waals surface area contributed by atoms with Gasteiger partial charge in [0.1, 0.15) is 11.4 Å². The summed E-state index contributed by atoms with van der Waals surface area (Å²) < 4.78 is 67.5. The average Bonchev–Trinajstić information content (AvgIpc) is 3.00. The number of amides is 1. The first-order chi connectivity index (χ1) is 11.7. The molecule has 6 nitrogen and oxygen atoms in total. The Labute approximate surface area is 138 Å². The summed E-state index contributed by atoms with van der Waals surface area (Å²) in [7, 11) is 1.30. The molecule has 0 saturated carbocycles. The molecular formula is C14H13F5N4O2. The lowest BCUT2D eigenvalue weighted by Gasteiger charge is -2.19. The third kappa shape index (κ3) is 4.88. The van der Waals surface area contributed by atoms with Crippen LogP contribution in [0.3, 0.4) is 0 Å². The number of rotatable bonds is 6. The SMILES string of the molecule is CN(Cc1nccn1C(F)F)C(=O)c1cccnc1OCC(F)(F)F. The van der Waals surface area contributed by atoms with Gasteiger partial charge in [-0.1, -0.05) is 0 Å². The van der Waals surface area contributed by atoms with E-state index in [1.165, 1.54) is 25.4 Å². The summed E-state index contributed by atoms with van der Waals surface area (Å²) in [6, 6.07) is 2.58. The average molecular weight is 364 g/mol. The maximum atomic E-state index is 12.8. The molecule has 11 heteroatoms. The van der Waals surface area contributed by atoms with Crippen LogP contribution in [0.2, 0.25) is 0 Å². The first kappa shape index (κ1) is 18.6. The largest absolute Gasteiger partial charge is 0.467 e. The van der Waals surface area contributed by atoms with Crippen molar-refractivity contribution in [2.24, 2.45) is 0 Å². The molecule has 2 heterocycles. The van der Waals surface area contributed by atoms with Gasteiger partial charge in [0, 0.05) is 25.6 Å². The van der Waals surface area contributed by atoms with Crippen molar-refractivity contribution < 1.29 is 31.5 Å². The van der Waals surface area contributed by atoms with E-state index in [1.54, 1.807) is 0 Å². The lowest BCUT2D eigenvalue weighted by molar-refractivity contribution is -0.154. The number of hydrogen-bond acceptors (Lipinski definition) is 4. The van der Waals surface area contributed by atoms with Crippen molar-refractivity contribution in [1.29, 1.82) is 0 Å². The molecule has 0 N–H and O–H groups in total. The third-order valence-electron chi connectivity index (χ3n) is 3.06. The van der Waals surface area contributed by atoms with E-state index in [9.17, 15) is 26.7 Å². The molecule has 0 aliphatic rings. The molecule has 136 valence electrons. The summed E-state index contributed by atoms with van der Waals surface area (Å²) in [4.78, 5) is 20.8. The normalized spacial score (nSPS) is 11.6. The minimum atomic E-state index is -4.59. The zero-order valence-electron chi connectivity index (χ0n) is 12.9. The standard InChI is InChI=1S/C14H13F5N4O2/c1-22(7-10-20-5-6-23(10)13(15)16)12(24)9-3-2-4-21-11(9)25-8-14(17,18)19/h2-6,13H,7-8H2,1H3. The van der Waals surface area contributed by atoms with Crippen LogP contribution in [0.5, 0.6) is 5.88 Å². The van der Waals surface area contributed by atoms with Gasteiger partial charge in [-0.15, -0.1) is 0 Å². The topological polar surface area (TPSA) is 60.2 Å². The quantitative estimate of drug-likeness (QED) is 0.740. The number of carbonyl (C=O) groups is 1. The molecule has 0 aliphatic carbocycles. The molecule has 25 heavy (non-hydrogen) atoms. The molecule has 2 aromatic heterocycles. The number of imidazole rings is 1. The van der Waals surface area contributed by atoms with Gasteiger partial charge >= 0.3 is 12.7 Å². The molecule has 1 amide bonds. The van der Waals surface area contributed by atoms with Gasteiger partial charge in [0.2, 0.25) is 5.88 Å². The van der Waals surface area contributed by atoms with Gasteiger partial charge in [0.05, 0.1) is 6.54 Å². The Morgan fingerprint density at radius 3 is 2.68 bits per heavy atom. The summed E-state index contributed by atoms with van der Waals surface area (Å²) in [5, 5.41) is 0. The van der Waals surface area contributed by atoms with Crippen LogP contribution in [-0.2, 0) is 6.54 Å². The van der Waals surface area contributed by atoms with Gasteiger partial charge in [0.15, 0.2) is 6.61 Å². The van der Waals surface area contributed by atoms with Gasteiger partial charge in [-0.05, 0) is 12.1 Å². The Kier molecular flexibility index (Phi) is 5.55. The van der Waals surface area contributed by atoms with E-state index < -0.39 is 31.1 Å². The molecule has 0 atom stereocenters. The molecule has 0 fully saturated rings. The number of aromatic nitrogens is 3. The monoisotopic (exact) mass is 364 g/mol. The summed E-state index contributed by atoms with van der Waals surface area (Å²) in [5.41, 5.74) is -0.218. The Bertz CT molecular complexity index is 732. The summed E-state index contributed by atoms with van der Waals surface area (Å²) in [5.74, 6) is -1.31. The van der Waals surface area contributed by atoms with Crippen LogP contribution in [0.4, 0.5) is 22.0 Å². The number of halogens is 5. The molecule has 0 radical (unpaired) electrons. The number of ether oxygens (including phenoxy) is 1. The van der Waals surface area contributed by atoms with Crippen molar-refractivity contribution in [2.75, 3.05) is 13.7 Å². The van der Waals surface area contributed by atoms with Crippen molar-refractivity contribution >= 4 is 5.91 Å². The second-order valence-corrected chi connectivity index (χ2v) is 4.95. The fourth-order valence-electron chi connectivity index (χ4n) is 1.95. The number of nitrogens with zero attached hydrogens (tertiary/aromatic N) is 4. The zero-order valence-corrected chi connectivity index (χ0v) is 12.9. The maximum Gasteiger partial charge on any atom is 0.422 e. The van der Waals surface area contributed by atoms with Crippen LogP contribution in [0.1, 0.15) is 22.7 Å². The molecule has 0 unspecified atom stereocenters. The fourth-order valence-corrected chi connectivity index (χ4v) is 1.95. The smallest absolute Gasteiger partial charge is 0.422 e. The molecule has 0 saturated heterocycles. The molecule has 2 aromatic rings. The summed E-state index contributed by atoms with van der Waals surface area (Å²) >= 11 is 0. The van der Waals surface area contributed by atoms with Crippen LogP contribution >= 0.6 is 0 Å². The lowest BCUT2D eigenvalue weighted by atomic mass is 10.2. The minimum Gasteiger partial charge on any atom is -0.467 e. The zero-order chi connectivity index (χ0) is 18.6. The fraction of sp³-hybridized carbons (Fsp3) is 0.357. The van der Waals surface area contributed by atoms with E-state index in [0.717, 1.165) is 17.3 Å². The predicted octanol–water partition coefficient (Wildman–Crippen LogP) is 2.89. The van der Waals surface area contributed by atoms with E-state index >= 15 is 0 Å². The number of carbonyl (C=O) groups excluding carboxylic acids is 1. The van der Waals surface area contributed by atoms with E-state index in [1.807, 2.05) is 0 Å². The highest BCUT2D eigenvalue weighted by molar-refractivity contribution is 5.96. The third-order valence-corrected chi connectivity index (χ3v) is 3.06. The molecule has 0 bridgehead atoms. The van der Waals surface area contributed by atoms with Crippen LogP contribution in [0.15, 0.2) is 30.7 Å².